The van der Waals surface area contributed by atoms with Gasteiger partial charge in [-0.15, -0.1) is 24.0 Å². The lowest BCUT2D eigenvalue weighted by molar-refractivity contribution is 0.0885. The molecule has 2 fully saturated rings. The SMILES string of the molecule is O=C(NC1CCC1)c1nc(C(=O)C2CCCCC2)c(-c2ccc(S)c3ccccc23)s1. The fraction of sp³-hybridized carbons (Fsp3) is 0.400. The summed E-state index contributed by atoms with van der Waals surface area (Å²) < 4.78 is 0. The number of carbonyl (C=O) groups is 2. The van der Waals surface area contributed by atoms with Crippen LogP contribution >= 0.6 is 24.0 Å². The Morgan fingerprint density at radius 3 is 2.39 bits per heavy atom. The molecular formula is C25H26N2O2S2. The Balaban J connectivity index is 1.60. The van der Waals surface area contributed by atoms with Crippen molar-refractivity contribution < 1.29 is 9.59 Å². The number of ketones is 1. The number of benzene rings is 2. The fourth-order valence-electron chi connectivity index (χ4n) is 4.61. The molecule has 1 heterocycles. The normalized spacial score (nSPS) is 17.5. The van der Waals surface area contributed by atoms with Crippen LogP contribution in [-0.4, -0.2) is 22.7 Å². The predicted octanol–water partition coefficient (Wildman–Crippen LogP) is 6.30. The molecule has 0 aliphatic heterocycles. The van der Waals surface area contributed by atoms with Gasteiger partial charge in [0.05, 0.1) is 4.88 Å². The molecule has 2 saturated carbocycles. The molecule has 0 atom stereocenters. The maximum Gasteiger partial charge on any atom is 0.280 e. The van der Waals surface area contributed by atoms with Gasteiger partial charge in [-0.2, -0.15) is 0 Å². The van der Waals surface area contributed by atoms with Crippen LogP contribution in [0, 0.1) is 5.92 Å². The molecule has 5 rings (SSSR count). The van der Waals surface area contributed by atoms with E-state index in [0.717, 1.165) is 71.1 Å². The smallest absolute Gasteiger partial charge is 0.280 e. The first-order chi connectivity index (χ1) is 15.1. The molecule has 6 heteroatoms. The Kier molecular flexibility index (Phi) is 5.85. The van der Waals surface area contributed by atoms with Gasteiger partial charge in [0.2, 0.25) is 0 Å². The molecule has 0 saturated heterocycles. The highest BCUT2D eigenvalue weighted by atomic mass is 32.1. The maximum absolute atomic E-state index is 13.5. The molecule has 0 bridgehead atoms. The van der Waals surface area contributed by atoms with Crippen molar-refractivity contribution in [3.63, 3.8) is 0 Å². The molecule has 1 amide bonds. The van der Waals surface area contributed by atoms with Gasteiger partial charge in [-0.05, 0) is 48.9 Å². The average molecular weight is 451 g/mol. The van der Waals surface area contributed by atoms with Gasteiger partial charge in [0.15, 0.2) is 10.8 Å². The fourth-order valence-corrected chi connectivity index (χ4v) is 5.89. The third-order valence-electron chi connectivity index (χ3n) is 6.62. The third kappa shape index (κ3) is 4.03. The number of rotatable bonds is 5. The zero-order chi connectivity index (χ0) is 21.4. The van der Waals surface area contributed by atoms with Gasteiger partial charge in [-0.3, -0.25) is 9.59 Å². The zero-order valence-electron chi connectivity index (χ0n) is 17.4. The molecule has 2 aliphatic rings. The number of nitrogens with zero attached hydrogens (tertiary/aromatic N) is 1. The summed E-state index contributed by atoms with van der Waals surface area (Å²) in [5.74, 6) is -0.0611. The van der Waals surface area contributed by atoms with E-state index in [2.05, 4.69) is 22.9 Å². The van der Waals surface area contributed by atoms with Crippen molar-refractivity contribution in [3.8, 4) is 10.4 Å². The van der Waals surface area contributed by atoms with E-state index in [-0.39, 0.29) is 23.7 Å². The molecule has 0 radical (unpaired) electrons. The Morgan fingerprint density at radius 2 is 1.68 bits per heavy atom. The number of Topliss-reactive ketones (excluding diaryl/α,β-unsaturated/α-hetero) is 1. The van der Waals surface area contributed by atoms with E-state index in [4.69, 9.17) is 0 Å². The first-order valence-electron chi connectivity index (χ1n) is 11.2. The Hall–Kier alpha value is -2.18. The number of hydrogen-bond acceptors (Lipinski definition) is 5. The number of carbonyl (C=O) groups excluding carboxylic acids is 2. The number of fused-ring (bicyclic) bond motifs is 1. The zero-order valence-corrected chi connectivity index (χ0v) is 19.1. The average Bonchev–Trinajstić information content (AvgIpc) is 3.22. The molecule has 2 aliphatic carbocycles. The van der Waals surface area contributed by atoms with Gasteiger partial charge in [0, 0.05) is 22.4 Å². The minimum atomic E-state index is -0.159. The second-order valence-electron chi connectivity index (χ2n) is 8.68. The summed E-state index contributed by atoms with van der Waals surface area (Å²) in [6.07, 6.45) is 8.38. The summed E-state index contributed by atoms with van der Waals surface area (Å²) in [5, 5.41) is 5.53. The highest BCUT2D eigenvalue weighted by Gasteiger charge is 2.30. The number of thiol groups is 1. The van der Waals surface area contributed by atoms with Gasteiger partial charge in [0.25, 0.3) is 5.91 Å². The first kappa shape index (κ1) is 20.7. The van der Waals surface area contributed by atoms with Crippen LogP contribution in [0.15, 0.2) is 41.3 Å². The minimum Gasteiger partial charge on any atom is -0.347 e. The van der Waals surface area contributed by atoms with Gasteiger partial charge in [-0.1, -0.05) is 49.6 Å². The van der Waals surface area contributed by atoms with E-state index < -0.39 is 0 Å². The van der Waals surface area contributed by atoms with Crippen molar-refractivity contribution in [3.05, 3.63) is 47.1 Å². The second-order valence-corrected chi connectivity index (χ2v) is 10.2. The van der Waals surface area contributed by atoms with Crippen molar-refractivity contribution in [2.24, 2.45) is 5.92 Å². The van der Waals surface area contributed by atoms with E-state index >= 15 is 0 Å². The molecule has 3 aromatic rings. The largest absolute Gasteiger partial charge is 0.347 e. The molecule has 31 heavy (non-hydrogen) atoms. The summed E-state index contributed by atoms with van der Waals surface area (Å²) in [6.45, 7) is 0. The molecule has 2 aromatic carbocycles. The summed E-state index contributed by atoms with van der Waals surface area (Å²) in [5.41, 5.74) is 1.42. The lowest BCUT2D eigenvalue weighted by atomic mass is 9.84. The minimum absolute atomic E-state index is 0.00700. The van der Waals surface area contributed by atoms with Crippen molar-refractivity contribution in [1.29, 1.82) is 0 Å². The number of nitrogens with one attached hydrogen (secondary N) is 1. The van der Waals surface area contributed by atoms with Crippen LogP contribution in [0.5, 0.6) is 0 Å². The van der Waals surface area contributed by atoms with Crippen LogP contribution in [0.25, 0.3) is 21.2 Å². The maximum atomic E-state index is 13.5. The van der Waals surface area contributed by atoms with Gasteiger partial charge in [0.1, 0.15) is 5.69 Å². The Labute approximate surface area is 191 Å². The summed E-state index contributed by atoms with van der Waals surface area (Å²) in [6, 6.07) is 12.3. The van der Waals surface area contributed by atoms with Crippen molar-refractivity contribution in [2.75, 3.05) is 0 Å². The third-order valence-corrected chi connectivity index (χ3v) is 8.09. The topological polar surface area (TPSA) is 59.1 Å². The number of amides is 1. The molecule has 4 nitrogen and oxygen atoms in total. The summed E-state index contributed by atoms with van der Waals surface area (Å²) >= 11 is 5.95. The second kappa shape index (κ2) is 8.75. The van der Waals surface area contributed by atoms with Gasteiger partial charge >= 0.3 is 0 Å². The molecular weight excluding hydrogens is 424 g/mol. The van der Waals surface area contributed by atoms with E-state index in [1.165, 1.54) is 17.8 Å². The Morgan fingerprint density at radius 1 is 0.935 bits per heavy atom. The van der Waals surface area contributed by atoms with Crippen LogP contribution in [0.3, 0.4) is 0 Å². The summed E-state index contributed by atoms with van der Waals surface area (Å²) in [7, 11) is 0. The molecule has 0 unspecified atom stereocenters. The van der Waals surface area contributed by atoms with E-state index in [1.807, 2.05) is 36.4 Å². The van der Waals surface area contributed by atoms with Crippen molar-refractivity contribution in [2.45, 2.75) is 62.3 Å². The van der Waals surface area contributed by atoms with E-state index in [9.17, 15) is 9.59 Å². The van der Waals surface area contributed by atoms with Crippen LogP contribution in [0.2, 0.25) is 0 Å². The van der Waals surface area contributed by atoms with Gasteiger partial charge in [-0.25, -0.2) is 4.98 Å². The first-order valence-corrected chi connectivity index (χ1v) is 12.4. The van der Waals surface area contributed by atoms with Crippen molar-refractivity contribution in [1.82, 2.24) is 10.3 Å². The van der Waals surface area contributed by atoms with Crippen LogP contribution in [0.4, 0.5) is 0 Å². The quantitative estimate of drug-likeness (QED) is 0.354. The number of aromatic nitrogens is 1. The highest BCUT2D eigenvalue weighted by molar-refractivity contribution is 7.80. The van der Waals surface area contributed by atoms with Gasteiger partial charge < -0.3 is 5.32 Å². The van der Waals surface area contributed by atoms with Crippen molar-refractivity contribution >= 4 is 46.4 Å². The van der Waals surface area contributed by atoms with Crippen LogP contribution in [0.1, 0.15) is 71.7 Å². The standard InChI is InChI=1S/C25H26N2O2S2/c28-22(15-7-2-1-3-8-15)21-23(31-25(27-21)24(29)26-16-9-6-10-16)19-13-14-20(30)18-12-5-4-11-17(18)19/h4-5,11-16,30H,1-3,6-10H2,(H,26,29). The van der Waals surface area contributed by atoms with E-state index in [1.54, 1.807) is 0 Å². The predicted molar refractivity (Wildman–Crippen MR) is 128 cm³/mol. The van der Waals surface area contributed by atoms with Crippen LogP contribution < -0.4 is 5.32 Å². The van der Waals surface area contributed by atoms with E-state index in [0.29, 0.717) is 10.7 Å². The lowest BCUT2D eigenvalue weighted by Crippen LogP contribution is -2.39. The highest BCUT2D eigenvalue weighted by Crippen LogP contribution is 2.39. The molecule has 0 spiro atoms. The molecule has 160 valence electrons. The Bertz CT molecular complexity index is 1140. The number of thiazole rings is 1. The number of hydrogen-bond donors (Lipinski definition) is 2. The van der Waals surface area contributed by atoms with Crippen LogP contribution in [-0.2, 0) is 0 Å². The summed E-state index contributed by atoms with van der Waals surface area (Å²) in [4.78, 5) is 32.7. The molecule has 1 aromatic heterocycles. The lowest BCUT2D eigenvalue weighted by Gasteiger charge is -2.25. The monoisotopic (exact) mass is 450 g/mol. The molecule has 1 N–H and O–H groups in total.